The van der Waals surface area contributed by atoms with Crippen LogP contribution in [-0.2, 0) is 0 Å². The van der Waals surface area contributed by atoms with Gasteiger partial charge in [-0.05, 0) is 20.8 Å². The molecule has 84 valence electrons. The minimum Gasteiger partial charge on any atom is -0.389 e. The molecule has 0 spiro atoms. The highest BCUT2D eigenvalue weighted by Crippen LogP contribution is 2.02. The first-order valence-corrected chi connectivity index (χ1v) is 4.45. The van der Waals surface area contributed by atoms with Crippen LogP contribution in [0, 0.1) is 10.1 Å². The predicted octanol–water partition coefficient (Wildman–Crippen LogP) is -0.627. The van der Waals surface area contributed by atoms with Crippen LogP contribution in [0.15, 0.2) is 0 Å². The molecule has 0 bridgehead atoms. The maximum absolute atomic E-state index is 10.4. The van der Waals surface area contributed by atoms with Gasteiger partial charge >= 0.3 is 0 Å². The number of rotatable bonds is 5. The van der Waals surface area contributed by atoms with Crippen molar-refractivity contribution in [2.75, 3.05) is 13.2 Å². The topological polar surface area (TPSA) is 95.6 Å². The Morgan fingerprint density at radius 1 is 1.50 bits per heavy atom. The lowest BCUT2D eigenvalue weighted by molar-refractivity contribution is -0.537. The van der Waals surface area contributed by atoms with Gasteiger partial charge in [0.1, 0.15) is 12.7 Å². The van der Waals surface area contributed by atoms with E-state index in [1.54, 1.807) is 0 Å². The zero-order chi connectivity index (χ0) is 11.4. The van der Waals surface area contributed by atoms with Crippen LogP contribution in [0.2, 0.25) is 0 Å². The lowest BCUT2D eigenvalue weighted by atomic mass is 10.1. The summed E-state index contributed by atoms with van der Waals surface area (Å²) in [5, 5.41) is 31.3. The van der Waals surface area contributed by atoms with Crippen molar-refractivity contribution in [2.45, 2.75) is 38.5 Å². The number of hydrogen-bond acceptors (Lipinski definition) is 5. The van der Waals surface area contributed by atoms with Gasteiger partial charge in [-0.3, -0.25) is 10.1 Å². The highest BCUT2D eigenvalue weighted by molar-refractivity contribution is 4.76. The Kier molecular flexibility index (Phi) is 4.96. The lowest BCUT2D eigenvalue weighted by Crippen LogP contribution is -2.48. The standard InChI is InChI=1S/C8H18N2O4/c1-8(2,3)9-4-7(12)6(5-11)10(13)14/h6-7,9,11-12H,4-5H2,1-3H3. The number of nitro groups is 1. The molecule has 3 N–H and O–H groups in total. The van der Waals surface area contributed by atoms with Gasteiger partial charge in [0.25, 0.3) is 6.04 Å². The number of hydrogen-bond donors (Lipinski definition) is 3. The van der Waals surface area contributed by atoms with Gasteiger partial charge in [-0.2, -0.15) is 0 Å². The third kappa shape index (κ3) is 5.11. The molecule has 6 heteroatoms. The van der Waals surface area contributed by atoms with Crippen LogP contribution in [0.5, 0.6) is 0 Å². The number of nitrogens with one attached hydrogen (secondary N) is 1. The van der Waals surface area contributed by atoms with Crippen LogP contribution in [0.1, 0.15) is 20.8 Å². The van der Waals surface area contributed by atoms with Crippen LogP contribution < -0.4 is 5.32 Å². The molecule has 0 aromatic rings. The molecule has 0 radical (unpaired) electrons. The first-order valence-electron chi connectivity index (χ1n) is 4.45. The lowest BCUT2D eigenvalue weighted by Gasteiger charge is -2.23. The second kappa shape index (κ2) is 5.23. The molecule has 0 heterocycles. The quantitative estimate of drug-likeness (QED) is 0.411. The molecule has 0 amide bonds. The zero-order valence-electron chi connectivity index (χ0n) is 8.73. The molecule has 2 unspecified atom stereocenters. The SMILES string of the molecule is CC(C)(C)NCC(O)C(CO)[N+](=O)[O-]. The number of aliphatic hydroxyl groups is 2. The minimum atomic E-state index is -1.31. The highest BCUT2D eigenvalue weighted by Gasteiger charge is 2.29. The van der Waals surface area contributed by atoms with Crippen molar-refractivity contribution in [3.8, 4) is 0 Å². The molecule has 6 nitrogen and oxygen atoms in total. The van der Waals surface area contributed by atoms with Crippen molar-refractivity contribution < 1.29 is 15.1 Å². The third-order valence-electron chi connectivity index (χ3n) is 1.74. The van der Waals surface area contributed by atoms with E-state index in [0.717, 1.165) is 0 Å². The largest absolute Gasteiger partial charge is 0.389 e. The first kappa shape index (κ1) is 13.3. The normalized spacial score (nSPS) is 16.4. The average Bonchev–Trinajstić information content (AvgIpc) is 2.00. The highest BCUT2D eigenvalue weighted by atomic mass is 16.6. The van der Waals surface area contributed by atoms with E-state index < -0.39 is 23.7 Å². The van der Waals surface area contributed by atoms with Gasteiger partial charge in [-0.25, -0.2) is 0 Å². The third-order valence-corrected chi connectivity index (χ3v) is 1.74. The van der Waals surface area contributed by atoms with Gasteiger partial charge in [0, 0.05) is 17.0 Å². The van der Waals surface area contributed by atoms with E-state index in [-0.39, 0.29) is 12.1 Å². The van der Waals surface area contributed by atoms with Crippen LogP contribution >= 0.6 is 0 Å². The van der Waals surface area contributed by atoms with E-state index in [1.807, 2.05) is 20.8 Å². The fourth-order valence-corrected chi connectivity index (χ4v) is 0.876. The van der Waals surface area contributed by atoms with Gasteiger partial charge in [-0.15, -0.1) is 0 Å². The Labute approximate surface area is 83.1 Å². The Balaban J connectivity index is 4.05. The monoisotopic (exact) mass is 206 g/mol. The number of β-amino-alcohol motifs (C(OH)–C–C–N with tert-alkyl or cyclic N) is 1. The van der Waals surface area contributed by atoms with Gasteiger partial charge < -0.3 is 15.5 Å². The summed E-state index contributed by atoms with van der Waals surface area (Å²) in [6.07, 6.45) is -1.17. The molecule has 0 aliphatic carbocycles. The van der Waals surface area contributed by atoms with E-state index >= 15 is 0 Å². The van der Waals surface area contributed by atoms with E-state index in [0.29, 0.717) is 0 Å². The molecule has 2 atom stereocenters. The summed E-state index contributed by atoms with van der Waals surface area (Å²) in [5.41, 5.74) is -0.211. The molecule has 0 rings (SSSR count). The molecule has 14 heavy (non-hydrogen) atoms. The Morgan fingerprint density at radius 3 is 2.29 bits per heavy atom. The molecule has 0 fully saturated rings. The van der Waals surface area contributed by atoms with Gasteiger partial charge in [0.05, 0.1) is 0 Å². The second-order valence-electron chi connectivity index (χ2n) is 4.23. The summed E-state index contributed by atoms with van der Waals surface area (Å²) >= 11 is 0. The van der Waals surface area contributed by atoms with Crippen molar-refractivity contribution in [3.05, 3.63) is 10.1 Å². The van der Waals surface area contributed by atoms with Crippen molar-refractivity contribution in [3.63, 3.8) is 0 Å². The molecule has 0 saturated carbocycles. The Morgan fingerprint density at radius 2 is 2.00 bits per heavy atom. The van der Waals surface area contributed by atoms with E-state index in [4.69, 9.17) is 5.11 Å². The van der Waals surface area contributed by atoms with Crippen molar-refractivity contribution >= 4 is 0 Å². The molecular formula is C8H18N2O4. The van der Waals surface area contributed by atoms with Crippen molar-refractivity contribution in [2.24, 2.45) is 0 Å². The summed E-state index contributed by atoms with van der Waals surface area (Å²) in [7, 11) is 0. The number of aliphatic hydroxyl groups excluding tert-OH is 2. The van der Waals surface area contributed by atoms with Gasteiger partial charge in [0.15, 0.2) is 0 Å². The van der Waals surface area contributed by atoms with Gasteiger partial charge in [-0.1, -0.05) is 0 Å². The smallest absolute Gasteiger partial charge is 0.262 e. The maximum Gasteiger partial charge on any atom is 0.262 e. The van der Waals surface area contributed by atoms with Crippen LogP contribution in [-0.4, -0.2) is 46.0 Å². The van der Waals surface area contributed by atoms with Crippen LogP contribution in [0.4, 0.5) is 0 Å². The molecule has 0 aliphatic rings. The summed E-state index contributed by atoms with van der Waals surface area (Å²) in [6, 6.07) is -1.31. The van der Waals surface area contributed by atoms with E-state index in [1.165, 1.54) is 0 Å². The van der Waals surface area contributed by atoms with Gasteiger partial charge in [0.2, 0.25) is 0 Å². The fraction of sp³-hybridized carbons (Fsp3) is 1.00. The van der Waals surface area contributed by atoms with Crippen molar-refractivity contribution in [1.82, 2.24) is 5.32 Å². The molecule has 0 aliphatic heterocycles. The average molecular weight is 206 g/mol. The Bertz CT molecular complexity index is 190. The summed E-state index contributed by atoms with van der Waals surface area (Å²) < 4.78 is 0. The molecular weight excluding hydrogens is 188 g/mol. The summed E-state index contributed by atoms with van der Waals surface area (Å²) in [5.74, 6) is 0. The number of nitrogens with zero attached hydrogens (tertiary/aromatic N) is 1. The molecule has 0 saturated heterocycles. The zero-order valence-corrected chi connectivity index (χ0v) is 8.73. The second-order valence-corrected chi connectivity index (χ2v) is 4.23. The Hall–Kier alpha value is -0.720. The molecule has 0 aromatic carbocycles. The summed E-state index contributed by atoms with van der Waals surface area (Å²) in [6.45, 7) is 5.11. The predicted molar refractivity (Wildman–Crippen MR) is 51.6 cm³/mol. The van der Waals surface area contributed by atoms with E-state index in [2.05, 4.69) is 5.32 Å². The maximum atomic E-state index is 10.4. The van der Waals surface area contributed by atoms with Crippen LogP contribution in [0.25, 0.3) is 0 Å². The van der Waals surface area contributed by atoms with Crippen molar-refractivity contribution in [1.29, 1.82) is 0 Å². The minimum absolute atomic E-state index is 0.0930. The molecule has 0 aromatic heterocycles. The fourth-order valence-electron chi connectivity index (χ4n) is 0.876. The van der Waals surface area contributed by atoms with E-state index in [9.17, 15) is 15.2 Å². The van der Waals surface area contributed by atoms with Crippen LogP contribution in [0.3, 0.4) is 0 Å². The first-order chi connectivity index (χ1) is 6.28. The summed E-state index contributed by atoms with van der Waals surface area (Å²) in [4.78, 5) is 9.68.